The van der Waals surface area contributed by atoms with Crippen LogP contribution in [0.4, 0.5) is 51.2 Å². The van der Waals surface area contributed by atoms with Gasteiger partial charge in [0.2, 0.25) is 0 Å². The molecule has 4 heteroatoms. The molecule has 7 aromatic rings. The van der Waals surface area contributed by atoms with Crippen molar-refractivity contribution in [2.75, 3.05) is 14.7 Å². The second kappa shape index (κ2) is 23.6. The Morgan fingerprint density at radius 1 is 0.232 bits per heavy atom. The van der Waals surface area contributed by atoms with E-state index in [1.165, 1.54) is 299 Å². The van der Waals surface area contributed by atoms with Crippen molar-refractivity contribution < 1.29 is 0 Å². The summed E-state index contributed by atoms with van der Waals surface area (Å²) in [5.74, 6) is 0. The average molecular weight is 1080 g/mol. The quantitative estimate of drug-likeness (QED) is 0.159. The number of hydrogen-bond acceptors (Lipinski definition) is 3. The van der Waals surface area contributed by atoms with E-state index in [0.29, 0.717) is 0 Å². The van der Waals surface area contributed by atoms with Crippen molar-refractivity contribution in [1.29, 1.82) is 0 Å². The van der Waals surface area contributed by atoms with E-state index >= 15 is 0 Å². The summed E-state index contributed by atoms with van der Waals surface area (Å²) in [6.07, 6.45) is 45.6. The van der Waals surface area contributed by atoms with Crippen molar-refractivity contribution in [1.82, 2.24) is 0 Å². The molecule has 0 spiro atoms. The van der Waals surface area contributed by atoms with E-state index in [2.05, 4.69) is 124 Å². The molecule has 7 aromatic carbocycles. The van der Waals surface area contributed by atoms with Gasteiger partial charge < -0.3 is 14.7 Å². The van der Waals surface area contributed by atoms with Crippen LogP contribution in [0.1, 0.15) is 221 Å². The molecule has 0 unspecified atom stereocenters. The van der Waals surface area contributed by atoms with E-state index in [4.69, 9.17) is 0 Å². The van der Waals surface area contributed by atoms with Gasteiger partial charge in [-0.05, 0) is 310 Å². The summed E-state index contributed by atoms with van der Waals surface area (Å²) in [4.78, 5) is 8.42. The molecular weight excluding hydrogens is 990 g/mol. The first-order valence-electron chi connectivity index (χ1n) is 34.0. The highest BCUT2D eigenvalue weighted by Gasteiger charge is 2.45. The fourth-order valence-corrected chi connectivity index (χ4v) is 17.1. The Bertz CT molecular complexity index is 3290. The molecule has 0 atom stereocenters. The van der Waals surface area contributed by atoms with E-state index in [0.717, 1.165) is 0 Å². The SMILES string of the molecule is c1cc2c(cc1N(c1ccc3c(c1)CCCCCC3)c1cc3c4c(c1)N(c1ccc5c(c1)CCCCCC5)c1cc5c(cc1B4c1cc4c(cc1N3c1ccc3c(c1)CCCCCC3)CCCCCC4)CCCCCC5)CCCCCC2. The number of anilines is 9. The number of benzene rings is 7. The third-order valence-corrected chi connectivity index (χ3v) is 21.6. The minimum atomic E-state index is 0.109. The van der Waals surface area contributed by atoms with Crippen LogP contribution in [0.5, 0.6) is 0 Å². The van der Waals surface area contributed by atoms with Crippen molar-refractivity contribution in [3.8, 4) is 0 Å². The number of fused-ring (bicyclic) bond motifs is 10. The first-order valence-corrected chi connectivity index (χ1v) is 34.0. The van der Waals surface area contributed by atoms with Gasteiger partial charge in [0, 0.05) is 45.5 Å². The van der Waals surface area contributed by atoms with E-state index < -0.39 is 0 Å². The standard InChI is InChI=1S/C78H90BN3/c1-5-17-29-59-45-67(41-37-55(59)25-13-1)80(68-42-38-56-26-14-2-6-18-30-60(56)46-68)71-53-76-78-77(54-71)82(70-44-40-58-28-16-4-8-20-32-62(58)48-70)75-52-66-36-24-12-10-22-34-64(66)50-73(75)79(78)72-49-63-33-21-9-11-23-35-65(63)51-74(72)81(76)69-43-39-57-27-15-3-7-19-31-61(57)47-69/h37-54H,1-36H2. The fraction of sp³-hybridized carbons (Fsp3) is 0.462. The van der Waals surface area contributed by atoms with Crippen LogP contribution in [0.2, 0.25) is 0 Å². The molecule has 2 aliphatic heterocycles. The largest absolute Gasteiger partial charge is 0.311 e. The minimum Gasteiger partial charge on any atom is -0.311 e. The summed E-state index contributed by atoms with van der Waals surface area (Å²) in [6.45, 7) is 0.109. The summed E-state index contributed by atoms with van der Waals surface area (Å²) in [7, 11) is 0. The smallest absolute Gasteiger partial charge is 0.252 e. The summed E-state index contributed by atoms with van der Waals surface area (Å²) < 4.78 is 0. The van der Waals surface area contributed by atoms with Crippen LogP contribution in [0.3, 0.4) is 0 Å². The van der Waals surface area contributed by atoms with Gasteiger partial charge in [-0.2, -0.15) is 0 Å². The molecular formula is C78H90BN3. The second-order valence-corrected chi connectivity index (χ2v) is 27.0. The van der Waals surface area contributed by atoms with E-state index in [1.807, 2.05) is 0 Å². The Balaban J connectivity index is 1.04. The van der Waals surface area contributed by atoms with Gasteiger partial charge in [0.25, 0.3) is 6.71 Å². The molecule has 0 aromatic heterocycles. The van der Waals surface area contributed by atoms with E-state index in [-0.39, 0.29) is 6.71 Å². The number of hydrogen-bond donors (Lipinski definition) is 0. The summed E-state index contributed by atoms with van der Waals surface area (Å²) in [5.41, 5.74) is 35.7. The molecule has 8 aliphatic rings. The second-order valence-electron chi connectivity index (χ2n) is 27.0. The number of nitrogens with zero attached hydrogens (tertiary/aromatic N) is 3. The molecule has 15 rings (SSSR count). The van der Waals surface area contributed by atoms with Gasteiger partial charge in [-0.1, -0.05) is 113 Å². The van der Waals surface area contributed by atoms with E-state index in [9.17, 15) is 0 Å². The van der Waals surface area contributed by atoms with Gasteiger partial charge in [-0.25, -0.2) is 0 Å². The van der Waals surface area contributed by atoms with Gasteiger partial charge in [0.05, 0.1) is 5.69 Å². The lowest BCUT2D eigenvalue weighted by Gasteiger charge is -2.46. The Kier molecular flexibility index (Phi) is 15.2. The lowest BCUT2D eigenvalue weighted by Crippen LogP contribution is -2.61. The van der Waals surface area contributed by atoms with Crippen LogP contribution < -0.4 is 31.1 Å². The first kappa shape index (κ1) is 52.8. The fourth-order valence-electron chi connectivity index (χ4n) is 17.1. The summed E-state index contributed by atoms with van der Waals surface area (Å²) >= 11 is 0. The third-order valence-electron chi connectivity index (χ3n) is 21.6. The molecule has 2 heterocycles. The van der Waals surface area contributed by atoms with Gasteiger partial charge in [0.15, 0.2) is 0 Å². The molecule has 420 valence electrons. The molecule has 0 amide bonds. The van der Waals surface area contributed by atoms with Crippen LogP contribution in [0.15, 0.2) is 109 Å². The molecule has 82 heavy (non-hydrogen) atoms. The van der Waals surface area contributed by atoms with Crippen LogP contribution in [0.25, 0.3) is 0 Å². The minimum absolute atomic E-state index is 0.109. The molecule has 0 N–H and O–H groups in total. The highest BCUT2D eigenvalue weighted by Crippen LogP contribution is 2.50. The molecule has 0 fully saturated rings. The Labute approximate surface area is 493 Å². The summed E-state index contributed by atoms with van der Waals surface area (Å²) in [5, 5.41) is 0. The first-order chi connectivity index (χ1) is 40.7. The number of aryl methyl sites for hydroxylation is 12. The maximum atomic E-state index is 2.84. The summed E-state index contributed by atoms with van der Waals surface area (Å²) in [6, 6.07) is 47.5. The Morgan fingerprint density at radius 3 is 0.854 bits per heavy atom. The normalized spacial score (nSPS) is 19.1. The van der Waals surface area contributed by atoms with Crippen LogP contribution >= 0.6 is 0 Å². The predicted octanol–water partition coefficient (Wildman–Crippen LogP) is 19.2. The van der Waals surface area contributed by atoms with Crippen molar-refractivity contribution in [3.63, 3.8) is 0 Å². The topological polar surface area (TPSA) is 9.72 Å². The van der Waals surface area contributed by atoms with E-state index in [1.54, 1.807) is 66.8 Å². The lowest BCUT2D eigenvalue weighted by atomic mass is 9.33. The monoisotopic (exact) mass is 1080 g/mol. The zero-order chi connectivity index (χ0) is 54.3. The molecule has 0 radical (unpaired) electrons. The molecule has 0 bridgehead atoms. The Morgan fingerprint density at radius 2 is 0.512 bits per heavy atom. The highest BCUT2D eigenvalue weighted by atomic mass is 15.2. The lowest BCUT2D eigenvalue weighted by molar-refractivity contribution is 0.617. The average Bonchev–Trinajstić information content (AvgIpc) is 0.990. The molecule has 3 nitrogen and oxygen atoms in total. The Hall–Kier alpha value is -6.00. The highest BCUT2D eigenvalue weighted by molar-refractivity contribution is 7.00. The van der Waals surface area contributed by atoms with Gasteiger partial charge in [-0.15, -0.1) is 0 Å². The van der Waals surface area contributed by atoms with Gasteiger partial charge >= 0.3 is 0 Å². The van der Waals surface area contributed by atoms with Crippen LogP contribution in [0, 0.1) is 0 Å². The third kappa shape index (κ3) is 10.3. The van der Waals surface area contributed by atoms with Crippen molar-refractivity contribution in [3.05, 3.63) is 176 Å². The molecule has 0 saturated carbocycles. The van der Waals surface area contributed by atoms with Crippen LogP contribution in [-0.4, -0.2) is 6.71 Å². The zero-order valence-electron chi connectivity index (χ0n) is 49.8. The van der Waals surface area contributed by atoms with Crippen molar-refractivity contribution >= 4 is 74.3 Å². The van der Waals surface area contributed by atoms with Gasteiger partial charge in [-0.3, -0.25) is 0 Å². The maximum absolute atomic E-state index is 2.84. The zero-order valence-corrected chi connectivity index (χ0v) is 49.8. The van der Waals surface area contributed by atoms with Crippen LogP contribution in [-0.2, 0) is 77.0 Å². The van der Waals surface area contributed by atoms with Crippen molar-refractivity contribution in [2.45, 2.75) is 231 Å². The molecule has 6 aliphatic carbocycles. The van der Waals surface area contributed by atoms with Crippen molar-refractivity contribution in [2.24, 2.45) is 0 Å². The predicted molar refractivity (Wildman–Crippen MR) is 350 cm³/mol. The molecule has 0 saturated heterocycles. The van der Waals surface area contributed by atoms with Gasteiger partial charge in [0.1, 0.15) is 0 Å². The maximum Gasteiger partial charge on any atom is 0.252 e. The number of rotatable bonds is 5.